The number of nitrogen functional groups attached to an aromatic ring is 1. The highest BCUT2D eigenvalue weighted by Crippen LogP contribution is 2.17. The van der Waals surface area contributed by atoms with Crippen molar-refractivity contribution in [1.29, 1.82) is 0 Å². The molecular formula is C7H12N4O2. The van der Waals surface area contributed by atoms with E-state index in [9.17, 15) is 4.79 Å². The van der Waals surface area contributed by atoms with E-state index in [1.54, 1.807) is 13.8 Å². The first-order chi connectivity index (χ1) is 5.92. The summed E-state index contributed by atoms with van der Waals surface area (Å²) in [5.74, 6) is -0.581. The van der Waals surface area contributed by atoms with E-state index in [-0.39, 0.29) is 6.54 Å². The van der Waals surface area contributed by atoms with Gasteiger partial charge in [-0.2, -0.15) is 0 Å². The maximum absolute atomic E-state index is 10.7. The Balaban J connectivity index is 2.74. The smallest absolute Gasteiger partial charge is 0.310 e. The molecule has 0 aromatic carbocycles. The van der Waals surface area contributed by atoms with E-state index < -0.39 is 11.4 Å². The number of aliphatic carboxylic acids is 1. The van der Waals surface area contributed by atoms with Gasteiger partial charge in [-0.15, -0.1) is 5.10 Å². The van der Waals surface area contributed by atoms with Crippen LogP contribution < -0.4 is 5.73 Å². The van der Waals surface area contributed by atoms with Gasteiger partial charge in [-0.05, 0) is 13.8 Å². The minimum atomic E-state index is -0.874. The van der Waals surface area contributed by atoms with Crippen LogP contribution in [0.15, 0.2) is 6.20 Å². The molecule has 1 aromatic heterocycles. The molecule has 0 fully saturated rings. The van der Waals surface area contributed by atoms with Gasteiger partial charge in [0.15, 0.2) is 5.82 Å². The third-order valence-corrected chi connectivity index (χ3v) is 1.69. The third-order valence-electron chi connectivity index (χ3n) is 1.69. The average Bonchev–Trinajstić information content (AvgIpc) is 2.34. The summed E-state index contributed by atoms with van der Waals surface area (Å²) in [4.78, 5) is 10.7. The Kier molecular flexibility index (Phi) is 2.22. The van der Waals surface area contributed by atoms with Crippen LogP contribution in [0.25, 0.3) is 0 Å². The number of nitrogens with two attached hydrogens (primary N) is 1. The van der Waals surface area contributed by atoms with Gasteiger partial charge in [0.2, 0.25) is 0 Å². The van der Waals surface area contributed by atoms with E-state index in [0.29, 0.717) is 5.82 Å². The van der Waals surface area contributed by atoms with E-state index in [2.05, 4.69) is 10.3 Å². The number of nitrogens with zero attached hydrogens (tertiary/aromatic N) is 3. The van der Waals surface area contributed by atoms with Crippen LogP contribution in [0.5, 0.6) is 0 Å². The number of hydrogen-bond donors (Lipinski definition) is 2. The van der Waals surface area contributed by atoms with Gasteiger partial charge in [-0.1, -0.05) is 5.21 Å². The number of aromatic nitrogens is 3. The minimum Gasteiger partial charge on any atom is -0.481 e. The quantitative estimate of drug-likeness (QED) is 0.688. The van der Waals surface area contributed by atoms with Crippen LogP contribution in [-0.2, 0) is 11.3 Å². The fraction of sp³-hybridized carbons (Fsp3) is 0.571. The molecule has 0 radical (unpaired) electrons. The number of carboxylic acids is 1. The van der Waals surface area contributed by atoms with E-state index >= 15 is 0 Å². The number of hydrogen-bond acceptors (Lipinski definition) is 4. The SMILES string of the molecule is CC(C)(Cn1cc(N)nn1)C(=O)O. The van der Waals surface area contributed by atoms with Gasteiger partial charge < -0.3 is 10.8 Å². The molecule has 0 atom stereocenters. The molecule has 0 spiro atoms. The van der Waals surface area contributed by atoms with Crippen molar-refractivity contribution in [3.8, 4) is 0 Å². The van der Waals surface area contributed by atoms with Gasteiger partial charge in [0.05, 0.1) is 18.2 Å². The summed E-state index contributed by atoms with van der Waals surface area (Å²) >= 11 is 0. The Labute approximate surface area is 75.3 Å². The Morgan fingerprint density at radius 1 is 1.77 bits per heavy atom. The number of carbonyl (C=O) groups is 1. The van der Waals surface area contributed by atoms with Crippen molar-refractivity contribution in [2.24, 2.45) is 5.41 Å². The topological polar surface area (TPSA) is 94.0 Å². The molecule has 1 heterocycles. The van der Waals surface area contributed by atoms with Crippen molar-refractivity contribution in [1.82, 2.24) is 15.0 Å². The largest absolute Gasteiger partial charge is 0.481 e. The van der Waals surface area contributed by atoms with Gasteiger partial charge in [-0.25, -0.2) is 4.68 Å². The lowest BCUT2D eigenvalue weighted by Crippen LogP contribution is -2.29. The zero-order valence-corrected chi connectivity index (χ0v) is 7.56. The Bertz CT molecular complexity index is 318. The molecule has 0 saturated heterocycles. The van der Waals surface area contributed by atoms with Crippen molar-refractivity contribution in [2.75, 3.05) is 5.73 Å². The molecule has 0 amide bonds. The number of rotatable bonds is 3. The zero-order chi connectivity index (χ0) is 10.1. The van der Waals surface area contributed by atoms with E-state index in [1.807, 2.05) is 0 Å². The van der Waals surface area contributed by atoms with Crippen LogP contribution in [0.1, 0.15) is 13.8 Å². The van der Waals surface area contributed by atoms with Gasteiger partial charge in [0.25, 0.3) is 0 Å². The van der Waals surface area contributed by atoms with Crippen LogP contribution in [0.2, 0.25) is 0 Å². The molecule has 1 aromatic rings. The second-order valence-corrected chi connectivity index (χ2v) is 3.53. The van der Waals surface area contributed by atoms with Gasteiger partial charge in [0, 0.05) is 0 Å². The lowest BCUT2D eigenvalue weighted by molar-refractivity contribution is -0.147. The zero-order valence-electron chi connectivity index (χ0n) is 7.56. The summed E-state index contributed by atoms with van der Waals surface area (Å²) in [5, 5.41) is 16.0. The minimum absolute atomic E-state index is 0.256. The average molecular weight is 184 g/mol. The normalized spacial score (nSPS) is 11.5. The van der Waals surface area contributed by atoms with Crippen molar-refractivity contribution < 1.29 is 9.90 Å². The van der Waals surface area contributed by atoms with Gasteiger partial charge in [-0.3, -0.25) is 4.79 Å². The highest BCUT2D eigenvalue weighted by molar-refractivity contribution is 5.73. The molecule has 0 aliphatic heterocycles. The fourth-order valence-corrected chi connectivity index (χ4v) is 0.863. The molecule has 0 aliphatic rings. The first kappa shape index (κ1) is 9.50. The van der Waals surface area contributed by atoms with Crippen LogP contribution in [0, 0.1) is 5.41 Å². The second kappa shape index (κ2) is 3.04. The van der Waals surface area contributed by atoms with Crippen LogP contribution in [0.4, 0.5) is 5.82 Å². The molecule has 13 heavy (non-hydrogen) atoms. The first-order valence-electron chi connectivity index (χ1n) is 3.81. The van der Waals surface area contributed by atoms with Crippen LogP contribution in [0.3, 0.4) is 0 Å². The maximum Gasteiger partial charge on any atom is 0.310 e. The molecule has 0 bridgehead atoms. The van der Waals surface area contributed by atoms with Crippen molar-refractivity contribution in [3.63, 3.8) is 0 Å². The molecule has 0 aliphatic carbocycles. The molecule has 3 N–H and O–H groups in total. The summed E-state index contributed by atoms with van der Waals surface area (Å²) in [6, 6.07) is 0. The predicted octanol–water partition coefficient (Wildman–Crippen LogP) is -0.0289. The molecular weight excluding hydrogens is 172 g/mol. The summed E-state index contributed by atoms with van der Waals surface area (Å²) in [5.41, 5.74) is 4.47. The second-order valence-electron chi connectivity index (χ2n) is 3.53. The van der Waals surface area contributed by atoms with Crippen molar-refractivity contribution in [2.45, 2.75) is 20.4 Å². The summed E-state index contributed by atoms with van der Waals surface area (Å²) in [7, 11) is 0. The van der Waals surface area contributed by atoms with Crippen LogP contribution >= 0.6 is 0 Å². The molecule has 0 unspecified atom stereocenters. The maximum atomic E-state index is 10.7. The van der Waals surface area contributed by atoms with E-state index in [0.717, 1.165) is 0 Å². The Morgan fingerprint density at radius 3 is 2.77 bits per heavy atom. The summed E-state index contributed by atoms with van der Waals surface area (Å²) < 4.78 is 1.42. The van der Waals surface area contributed by atoms with Crippen molar-refractivity contribution in [3.05, 3.63) is 6.20 Å². The highest BCUT2D eigenvalue weighted by Gasteiger charge is 2.28. The Hall–Kier alpha value is -1.59. The fourth-order valence-electron chi connectivity index (χ4n) is 0.863. The van der Waals surface area contributed by atoms with E-state index in [1.165, 1.54) is 10.9 Å². The highest BCUT2D eigenvalue weighted by atomic mass is 16.4. The molecule has 6 heteroatoms. The summed E-state index contributed by atoms with van der Waals surface area (Å²) in [6.45, 7) is 3.49. The van der Waals surface area contributed by atoms with Crippen molar-refractivity contribution >= 4 is 11.8 Å². The monoisotopic (exact) mass is 184 g/mol. The van der Waals surface area contributed by atoms with Gasteiger partial charge >= 0.3 is 5.97 Å². The molecule has 1 rings (SSSR count). The molecule has 72 valence electrons. The lowest BCUT2D eigenvalue weighted by atomic mass is 9.94. The number of carboxylic acid groups (broad SMARTS) is 1. The van der Waals surface area contributed by atoms with E-state index in [4.69, 9.17) is 10.8 Å². The molecule has 6 nitrogen and oxygen atoms in total. The van der Waals surface area contributed by atoms with Crippen LogP contribution in [-0.4, -0.2) is 26.1 Å². The van der Waals surface area contributed by atoms with Gasteiger partial charge in [0.1, 0.15) is 0 Å². The predicted molar refractivity (Wildman–Crippen MR) is 45.9 cm³/mol. The standard InChI is InChI=1S/C7H12N4O2/c1-7(2,6(12)13)4-11-3-5(8)9-10-11/h3H,4,8H2,1-2H3,(H,12,13). The number of anilines is 1. The lowest BCUT2D eigenvalue weighted by Gasteiger charge is -2.17. The summed E-state index contributed by atoms with van der Waals surface area (Å²) in [6.07, 6.45) is 1.50. The first-order valence-corrected chi connectivity index (χ1v) is 3.81. The molecule has 0 saturated carbocycles. The Morgan fingerprint density at radius 2 is 2.38 bits per heavy atom. The third kappa shape index (κ3) is 2.17.